The van der Waals surface area contributed by atoms with Gasteiger partial charge in [0.1, 0.15) is 24.0 Å². The molecule has 0 unspecified atom stereocenters. The molecule has 0 radical (unpaired) electrons. The predicted molar refractivity (Wildman–Crippen MR) is 74.7 cm³/mol. The minimum Gasteiger partial charge on any atom is -0.454 e. The number of ether oxygens (including phenoxy) is 2. The summed E-state index contributed by atoms with van der Waals surface area (Å²) in [5.74, 6) is 0.800. The molecule has 1 aliphatic rings. The van der Waals surface area contributed by atoms with Crippen LogP contribution in [0.1, 0.15) is 18.9 Å². The summed E-state index contributed by atoms with van der Waals surface area (Å²) in [4.78, 5) is 4.59. The third-order valence-corrected chi connectivity index (χ3v) is 2.98. The zero-order chi connectivity index (χ0) is 13.9. The van der Waals surface area contributed by atoms with Crippen molar-refractivity contribution >= 4 is 5.82 Å². The number of aromatic nitrogens is 3. The Morgan fingerprint density at radius 1 is 1.30 bits per heavy atom. The number of pyridine rings is 1. The highest BCUT2D eigenvalue weighted by molar-refractivity contribution is 5.66. The molecule has 0 aliphatic carbocycles. The molecule has 0 bridgehead atoms. The van der Waals surface area contributed by atoms with E-state index in [-0.39, 0.29) is 0 Å². The molecule has 0 saturated carbocycles. The van der Waals surface area contributed by atoms with Crippen LogP contribution in [0.5, 0.6) is 0 Å². The van der Waals surface area contributed by atoms with Crippen molar-refractivity contribution < 1.29 is 9.47 Å². The molecule has 6 nitrogen and oxygen atoms in total. The fourth-order valence-electron chi connectivity index (χ4n) is 2.11. The van der Waals surface area contributed by atoms with Crippen LogP contribution in [0.4, 0.5) is 5.82 Å². The minimum absolute atomic E-state index is 0.510. The van der Waals surface area contributed by atoms with Crippen LogP contribution in [-0.4, -0.2) is 21.3 Å². The van der Waals surface area contributed by atoms with Crippen LogP contribution in [0.15, 0.2) is 37.1 Å². The normalized spacial score (nSPS) is 14.1. The van der Waals surface area contributed by atoms with Gasteiger partial charge in [0.2, 0.25) is 0 Å². The van der Waals surface area contributed by atoms with Gasteiger partial charge in [0.05, 0.1) is 6.20 Å². The number of aryl methyl sites for hydroxylation is 1. The van der Waals surface area contributed by atoms with E-state index in [1.807, 2.05) is 32.3 Å². The van der Waals surface area contributed by atoms with Gasteiger partial charge in [-0.1, -0.05) is 0 Å². The lowest BCUT2D eigenvalue weighted by Gasteiger charge is -2.15. The molecule has 0 spiro atoms. The summed E-state index contributed by atoms with van der Waals surface area (Å²) in [6.07, 6.45) is 6.29. The predicted octanol–water partition coefficient (Wildman–Crippen LogP) is 2.43. The van der Waals surface area contributed by atoms with E-state index >= 15 is 0 Å². The van der Waals surface area contributed by atoms with Crippen molar-refractivity contribution in [1.82, 2.24) is 14.8 Å². The second-order valence-electron chi connectivity index (χ2n) is 4.44. The van der Waals surface area contributed by atoms with Crippen LogP contribution >= 0.6 is 0 Å². The minimum atomic E-state index is -0.510. The quantitative estimate of drug-likeness (QED) is 0.926. The molecule has 6 heteroatoms. The summed E-state index contributed by atoms with van der Waals surface area (Å²) in [5, 5.41) is 7.39. The van der Waals surface area contributed by atoms with Gasteiger partial charge < -0.3 is 14.8 Å². The Morgan fingerprint density at radius 2 is 2.10 bits per heavy atom. The van der Waals surface area contributed by atoms with Crippen LogP contribution in [0.2, 0.25) is 0 Å². The van der Waals surface area contributed by atoms with Gasteiger partial charge in [-0.3, -0.25) is 4.68 Å². The van der Waals surface area contributed by atoms with Gasteiger partial charge in [-0.25, -0.2) is 4.98 Å². The molecule has 0 fully saturated rings. The van der Waals surface area contributed by atoms with Gasteiger partial charge in [-0.15, -0.1) is 0 Å². The summed E-state index contributed by atoms with van der Waals surface area (Å²) in [6.45, 7) is 2.84. The number of hydrogen-bond acceptors (Lipinski definition) is 5. The Kier molecular flexibility index (Phi) is 3.28. The van der Waals surface area contributed by atoms with Crippen LogP contribution < -0.4 is 5.32 Å². The average Bonchev–Trinajstić information content (AvgIpc) is 3.10. The fraction of sp³-hybridized carbons (Fsp3) is 0.286. The van der Waals surface area contributed by atoms with Gasteiger partial charge in [0, 0.05) is 30.9 Å². The first-order chi connectivity index (χ1) is 9.78. The number of nitrogens with zero attached hydrogens (tertiary/aromatic N) is 3. The zero-order valence-electron chi connectivity index (χ0n) is 11.4. The Morgan fingerprint density at radius 3 is 2.75 bits per heavy atom. The van der Waals surface area contributed by atoms with Gasteiger partial charge >= 0.3 is 0 Å². The largest absolute Gasteiger partial charge is 0.454 e. The molecule has 0 amide bonds. The van der Waals surface area contributed by atoms with Crippen molar-refractivity contribution in [1.29, 1.82) is 0 Å². The van der Waals surface area contributed by atoms with E-state index in [4.69, 9.17) is 9.47 Å². The fourth-order valence-corrected chi connectivity index (χ4v) is 2.11. The highest BCUT2D eigenvalue weighted by Gasteiger charge is 2.23. The molecule has 1 N–H and O–H groups in total. The molecular weight excluding hydrogens is 256 g/mol. The van der Waals surface area contributed by atoms with E-state index in [1.165, 1.54) is 12.5 Å². The molecule has 3 heterocycles. The number of rotatable bonds is 4. The molecule has 2 aromatic heterocycles. The lowest BCUT2D eigenvalue weighted by atomic mass is 10.1. The van der Waals surface area contributed by atoms with E-state index in [0.717, 1.165) is 29.2 Å². The van der Waals surface area contributed by atoms with Gasteiger partial charge in [0.15, 0.2) is 0 Å². The van der Waals surface area contributed by atoms with Crippen molar-refractivity contribution in [2.45, 2.75) is 13.2 Å². The summed E-state index contributed by atoms with van der Waals surface area (Å²) >= 11 is 0. The number of hydrogen-bond donors (Lipinski definition) is 1. The molecule has 1 aliphatic heterocycles. The standard InChI is InChI=1S/C14H16N4O2/c1-3-15-12-5-4-11(10-8-16-18(2)9-10)13(17-12)14-19-6-7-20-14/h4-9,14H,3H2,1-2H3,(H,15,17). The molecule has 0 aromatic carbocycles. The number of anilines is 1. The summed E-state index contributed by atoms with van der Waals surface area (Å²) in [7, 11) is 1.88. The van der Waals surface area contributed by atoms with Gasteiger partial charge in [0.25, 0.3) is 6.29 Å². The maximum absolute atomic E-state index is 5.42. The first-order valence-electron chi connectivity index (χ1n) is 6.47. The van der Waals surface area contributed by atoms with E-state index < -0.39 is 6.29 Å². The maximum Gasteiger partial charge on any atom is 0.284 e. The summed E-state index contributed by atoms with van der Waals surface area (Å²) in [5.41, 5.74) is 2.67. The molecule has 3 rings (SSSR count). The van der Waals surface area contributed by atoms with E-state index in [9.17, 15) is 0 Å². The van der Waals surface area contributed by atoms with Crippen molar-refractivity contribution in [3.05, 3.63) is 42.7 Å². The third-order valence-electron chi connectivity index (χ3n) is 2.98. The highest BCUT2D eigenvalue weighted by Crippen LogP contribution is 2.32. The summed E-state index contributed by atoms with van der Waals surface area (Å²) < 4.78 is 12.6. The third kappa shape index (κ3) is 2.32. The van der Waals surface area contributed by atoms with Crippen molar-refractivity contribution in [2.24, 2.45) is 7.05 Å². The molecule has 20 heavy (non-hydrogen) atoms. The second-order valence-corrected chi connectivity index (χ2v) is 4.44. The monoisotopic (exact) mass is 272 g/mol. The molecular formula is C14H16N4O2. The van der Waals surface area contributed by atoms with Crippen molar-refractivity contribution in [3.8, 4) is 11.1 Å². The SMILES string of the molecule is CCNc1ccc(-c2cnn(C)c2)c(C2OC=CO2)n1. The Labute approximate surface area is 117 Å². The molecule has 2 aromatic rings. The number of nitrogens with one attached hydrogen (secondary N) is 1. The molecule has 104 valence electrons. The molecule has 0 atom stereocenters. The first kappa shape index (κ1) is 12.5. The van der Waals surface area contributed by atoms with Crippen molar-refractivity contribution in [3.63, 3.8) is 0 Å². The van der Waals surface area contributed by atoms with Crippen molar-refractivity contribution in [2.75, 3.05) is 11.9 Å². The zero-order valence-corrected chi connectivity index (χ0v) is 11.4. The smallest absolute Gasteiger partial charge is 0.284 e. The maximum atomic E-state index is 5.42. The van der Waals surface area contributed by atoms with Gasteiger partial charge in [-0.2, -0.15) is 5.10 Å². The lowest BCUT2D eigenvalue weighted by molar-refractivity contribution is -0.0273. The Bertz CT molecular complexity index is 628. The van der Waals surface area contributed by atoms with Crippen LogP contribution in [-0.2, 0) is 16.5 Å². The Balaban J connectivity index is 2.03. The lowest BCUT2D eigenvalue weighted by Crippen LogP contribution is -2.07. The van der Waals surface area contributed by atoms with E-state index in [1.54, 1.807) is 10.9 Å². The van der Waals surface area contributed by atoms with E-state index in [0.29, 0.717) is 0 Å². The van der Waals surface area contributed by atoms with Crippen LogP contribution in [0, 0.1) is 0 Å². The average molecular weight is 272 g/mol. The molecule has 0 saturated heterocycles. The highest BCUT2D eigenvalue weighted by atomic mass is 16.7. The van der Waals surface area contributed by atoms with E-state index in [2.05, 4.69) is 15.4 Å². The second kappa shape index (κ2) is 5.24. The first-order valence-corrected chi connectivity index (χ1v) is 6.47. The van der Waals surface area contributed by atoms with Gasteiger partial charge in [-0.05, 0) is 19.1 Å². The summed E-state index contributed by atoms with van der Waals surface area (Å²) in [6, 6.07) is 3.94. The van der Waals surface area contributed by atoms with Crippen LogP contribution in [0.25, 0.3) is 11.1 Å². The van der Waals surface area contributed by atoms with Crippen LogP contribution in [0.3, 0.4) is 0 Å². The topological polar surface area (TPSA) is 61.2 Å². The Hall–Kier alpha value is -2.50.